The highest BCUT2D eigenvalue weighted by atomic mass is 16.3. The number of aromatic nitrogens is 1. The summed E-state index contributed by atoms with van der Waals surface area (Å²) in [5.41, 5.74) is 2.88. The van der Waals surface area contributed by atoms with Crippen molar-refractivity contribution in [1.29, 1.82) is 0 Å². The minimum Gasteiger partial charge on any atom is -0.392 e. The second-order valence-electron chi connectivity index (χ2n) is 5.67. The zero-order valence-corrected chi connectivity index (χ0v) is 12.0. The molecule has 1 fully saturated rings. The van der Waals surface area contributed by atoms with Gasteiger partial charge in [0, 0.05) is 19.3 Å². The Morgan fingerprint density at radius 2 is 2.00 bits per heavy atom. The number of amides is 1. The Bertz CT molecular complexity index is 590. The normalized spacial score (nSPS) is 18.1. The summed E-state index contributed by atoms with van der Waals surface area (Å²) < 4.78 is 0. The van der Waals surface area contributed by atoms with Crippen LogP contribution in [0.1, 0.15) is 28.0 Å². The fraction of sp³-hybridized carbons (Fsp3) is 0.353. The highest BCUT2D eigenvalue weighted by Crippen LogP contribution is 2.22. The Kier molecular flexibility index (Phi) is 4.06. The lowest BCUT2D eigenvalue weighted by Crippen LogP contribution is -2.29. The molecule has 1 aliphatic heterocycles. The third-order valence-corrected chi connectivity index (χ3v) is 4.13. The van der Waals surface area contributed by atoms with Gasteiger partial charge >= 0.3 is 0 Å². The van der Waals surface area contributed by atoms with Crippen molar-refractivity contribution < 1.29 is 9.90 Å². The van der Waals surface area contributed by atoms with Crippen molar-refractivity contribution in [2.24, 2.45) is 5.92 Å². The molecule has 4 nitrogen and oxygen atoms in total. The van der Waals surface area contributed by atoms with E-state index in [1.165, 1.54) is 5.56 Å². The smallest absolute Gasteiger partial charge is 0.270 e. The molecule has 21 heavy (non-hydrogen) atoms. The van der Waals surface area contributed by atoms with E-state index in [1.807, 2.05) is 29.2 Å². The first-order chi connectivity index (χ1) is 10.3. The number of nitrogens with zero attached hydrogens (tertiary/aromatic N) is 1. The van der Waals surface area contributed by atoms with Gasteiger partial charge in [0.2, 0.25) is 0 Å². The summed E-state index contributed by atoms with van der Waals surface area (Å²) in [6.07, 6.45) is 3.82. The van der Waals surface area contributed by atoms with E-state index in [2.05, 4.69) is 17.1 Å². The average molecular weight is 284 g/mol. The minimum absolute atomic E-state index is 0.0855. The van der Waals surface area contributed by atoms with Gasteiger partial charge in [-0.2, -0.15) is 0 Å². The summed E-state index contributed by atoms with van der Waals surface area (Å²) in [5.74, 6) is 0.613. The number of hydrogen-bond donors (Lipinski definition) is 2. The highest BCUT2D eigenvalue weighted by Gasteiger charge is 2.27. The second-order valence-corrected chi connectivity index (χ2v) is 5.67. The topological polar surface area (TPSA) is 56.3 Å². The minimum atomic E-state index is 0.0855. The zero-order valence-electron chi connectivity index (χ0n) is 12.0. The molecular formula is C17H20N2O2. The average Bonchev–Trinajstić information content (AvgIpc) is 3.19. The molecular weight excluding hydrogens is 264 g/mol. The summed E-state index contributed by atoms with van der Waals surface area (Å²) in [4.78, 5) is 17.2. The van der Waals surface area contributed by atoms with Crippen LogP contribution in [0.3, 0.4) is 0 Å². The summed E-state index contributed by atoms with van der Waals surface area (Å²) in [5, 5.41) is 9.05. The molecule has 1 saturated heterocycles. The van der Waals surface area contributed by atoms with Crippen LogP contribution in [0.15, 0.2) is 42.6 Å². The number of carbonyl (C=O) groups excluding carboxylic acids is 1. The number of nitrogens with one attached hydrogen (secondary N) is 1. The van der Waals surface area contributed by atoms with Gasteiger partial charge in [0.15, 0.2) is 0 Å². The van der Waals surface area contributed by atoms with Crippen LogP contribution in [-0.4, -0.2) is 34.0 Å². The molecule has 0 aliphatic carbocycles. The lowest BCUT2D eigenvalue weighted by atomic mass is 9.98. The fourth-order valence-electron chi connectivity index (χ4n) is 2.93. The van der Waals surface area contributed by atoms with Gasteiger partial charge in [-0.1, -0.05) is 24.3 Å². The molecule has 0 bridgehead atoms. The molecule has 1 atom stereocenters. The van der Waals surface area contributed by atoms with Gasteiger partial charge in [0.25, 0.3) is 5.91 Å². The van der Waals surface area contributed by atoms with Crippen molar-refractivity contribution in [3.05, 3.63) is 59.4 Å². The van der Waals surface area contributed by atoms with E-state index in [0.29, 0.717) is 11.6 Å². The van der Waals surface area contributed by atoms with E-state index >= 15 is 0 Å². The SMILES string of the molecule is O=C(c1ccc[nH]1)N1CC[C@H](Cc2ccc(CO)cc2)C1. The van der Waals surface area contributed by atoms with Crippen molar-refractivity contribution in [3.8, 4) is 0 Å². The maximum atomic E-state index is 12.3. The van der Waals surface area contributed by atoms with Gasteiger partial charge in [-0.3, -0.25) is 4.79 Å². The molecule has 2 N–H and O–H groups in total. The van der Waals surface area contributed by atoms with Crippen molar-refractivity contribution in [1.82, 2.24) is 9.88 Å². The highest BCUT2D eigenvalue weighted by molar-refractivity contribution is 5.92. The Hall–Kier alpha value is -2.07. The first-order valence-corrected chi connectivity index (χ1v) is 7.37. The molecule has 110 valence electrons. The van der Waals surface area contributed by atoms with Crippen LogP contribution in [0.5, 0.6) is 0 Å². The third kappa shape index (κ3) is 3.16. The van der Waals surface area contributed by atoms with Crippen molar-refractivity contribution in [2.45, 2.75) is 19.4 Å². The molecule has 0 unspecified atom stereocenters. The first kappa shape index (κ1) is 13.9. The lowest BCUT2D eigenvalue weighted by Gasteiger charge is -2.15. The van der Waals surface area contributed by atoms with E-state index in [4.69, 9.17) is 5.11 Å². The summed E-state index contributed by atoms with van der Waals surface area (Å²) in [7, 11) is 0. The first-order valence-electron chi connectivity index (χ1n) is 7.37. The molecule has 0 spiro atoms. The van der Waals surface area contributed by atoms with Crippen molar-refractivity contribution in [2.75, 3.05) is 13.1 Å². The molecule has 3 rings (SSSR count). The maximum Gasteiger partial charge on any atom is 0.270 e. The fourth-order valence-corrected chi connectivity index (χ4v) is 2.93. The number of rotatable bonds is 4. The predicted octanol–water partition coefficient (Wildman–Crippen LogP) is 2.21. The molecule has 2 heterocycles. The van der Waals surface area contributed by atoms with Gasteiger partial charge in [-0.25, -0.2) is 0 Å². The van der Waals surface area contributed by atoms with Crippen LogP contribution in [0.25, 0.3) is 0 Å². The standard InChI is InChI=1S/C17H20N2O2/c20-12-14-5-3-13(4-6-14)10-15-7-9-19(11-15)17(21)16-2-1-8-18-16/h1-6,8,15,18,20H,7,9-12H2/t15-/m1/s1. The number of aliphatic hydroxyl groups is 1. The van der Waals surface area contributed by atoms with Crippen LogP contribution >= 0.6 is 0 Å². The van der Waals surface area contributed by atoms with Crippen LogP contribution in [0.4, 0.5) is 0 Å². The number of hydrogen-bond acceptors (Lipinski definition) is 2. The Labute approximate surface area is 124 Å². The Balaban J connectivity index is 1.58. The molecule has 1 amide bonds. The number of aliphatic hydroxyl groups excluding tert-OH is 1. The third-order valence-electron chi connectivity index (χ3n) is 4.13. The van der Waals surface area contributed by atoms with Gasteiger partial charge in [-0.15, -0.1) is 0 Å². The molecule has 0 radical (unpaired) electrons. The molecule has 1 aromatic heterocycles. The maximum absolute atomic E-state index is 12.3. The molecule has 0 saturated carbocycles. The quantitative estimate of drug-likeness (QED) is 0.904. The largest absolute Gasteiger partial charge is 0.392 e. The van der Waals surface area contributed by atoms with Crippen molar-refractivity contribution >= 4 is 5.91 Å². The Morgan fingerprint density at radius 3 is 2.67 bits per heavy atom. The molecule has 2 aromatic rings. The predicted molar refractivity (Wildman–Crippen MR) is 80.9 cm³/mol. The van der Waals surface area contributed by atoms with Gasteiger partial charge in [-0.05, 0) is 42.0 Å². The van der Waals surface area contributed by atoms with E-state index in [1.54, 1.807) is 6.20 Å². The van der Waals surface area contributed by atoms with Crippen LogP contribution in [0, 0.1) is 5.92 Å². The van der Waals surface area contributed by atoms with Gasteiger partial charge < -0.3 is 15.0 Å². The van der Waals surface area contributed by atoms with Gasteiger partial charge in [0.05, 0.1) is 6.61 Å². The van der Waals surface area contributed by atoms with E-state index < -0.39 is 0 Å². The number of likely N-dealkylation sites (tertiary alicyclic amines) is 1. The van der Waals surface area contributed by atoms with Gasteiger partial charge in [0.1, 0.15) is 5.69 Å². The van der Waals surface area contributed by atoms with E-state index in [9.17, 15) is 4.79 Å². The van der Waals surface area contributed by atoms with Crippen LogP contribution in [-0.2, 0) is 13.0 Å². The number of benzene rings is 1. The summed E-state index contributed by atoms with van der Waals surface area (Å²) >= 11 is 0. The summed E-state index contributed by atoms with van der Waals surface area (Å²) in [6.45, 7) is 1.74. The Morgan fingerprint density at radius 1 is 1.24 bits per heavy atom. The number of aromatic amines is 1. The molecule has 1 aromatic carbocycles. The zero-order chi connectivity index (χ0) is 14.7. The number of carbonyl (C=O) groups is 1. The summed E-state index contributed by atoms with van der Waals surface area (Å²) in [6, 6.07) is 11.7. The molecule has 1 aliphatic rings. The van der Waals surface area contributed by atoms with Crippen molar-refractivity contribution in [3.63, 3.8) is 0 Å². The number of H-pyrrole nitrogens is 1. The lowest BCUT2D eigenvalue weighted by molar-refractivity contribution is 0.0782. The molecule has 4 heteroatoms. The van der Waals surface area contributed by atoms with E-state index in [-0.39, 0.29) is 12.5 Å². The van der Waals surface area contributed by atoms with E-state index in [0.717, 1.165) is 31.5 Å². The monoisotopic (exact) mass is 284 g/mol. The second kappa shape index (κ2) is 6.14. The van der Waals surface area contributed by atoms with Crippen LogP contribution < -0.4 is 0 Å². The van der Waals surface area contributed by atoms with Crippen LogP contribution in [0.2, 0.25) is 0 Å².